The maximum Gasteiger partial charge on any atom is 0.287 e. The van der Waals surface area contributed by atoms with Crippen molar-refractivity contribution in [2.75, 3.05) is 18.0 Å². The van der Waals surface area contributed by atoms with Crippen molar-refractivity contribution in [1.82, 2.24) is 15.3 Å². The number of alkyl halides is 2. The van der Waals surface area contributed by atoms with E-state index in [4.69, 9.17) is 0 Å². The fraction of sp³-hybridized carbons (Fsp3) is 0.692. The average Bonchev–Trinajstić information content (AvgIpc) is 2.77. The van der Waals surface area contributed by atoms with Crippen molar-refractivity contribution in [3.8, 4) is 0 Å². The lowest BCUT2D eigenvalue weighted by molar-refractivity contribution is 0.0126. The molecule has 3 rings (SSSR count). The number of fused-ring (bicyclic) bond motifs is 2. The van der Waals surface area contributed by atoms with Crippen LogP contribution in [0.5, 0.6) is 0 Å². The van der Waals surface area contributed by atoms with Crippen LogP contribution in [0.2, 0.25) is 0 Å². The zero-order chi connectivity index (χ0) is 13.6. The minimum Gasteiger partial charge on any atom is -0.352 e. The lowest BCUT2D eigenvalue weighted by atomic mass is 9.92. The summed E-state index contributed by atoms with van der Waals surface area (Å²) < 4.78 is 26.7. The van der Waals surface area contributed by atoms with Crippen molar-refractivity contribution >= 4 is 5.82 Å². The van der Waals surface area contributed by atoms with Crippen LogP contribution in [0, 0.1) is 5.92 Å². The largest absolute Gasteiger partial charge is 0.352 e. The fourth-order valence-electron chi connectivity index (χ4n) is 3.06. The molecule has 0 amide bonds. The van der Waals surface area contributed by atoms with E-state index in [-0.39, 0.29) is 5.69 Å². The lowest BCUT2D eigenvalue weighted by Crippen LogP contribution is -2.47. The third-order valence-corrected chi connectivity index (χ3v) is 4.24. The van der Waals surface area contributed by atoms with E-state index < -0.39 is 5.92 Å². The van der Waals surface area contributed by atoms with Gasteiger partial charge in [0.1, 0.15) is 17.8 Å². The van der Waals surface area contributed by atoms with Gasteiger partial charge in [0.2, 0.25) is 0 Å². The van der Waals surface area contributed by atoms with Gasteiger partial charge in [0.15, 0.2) is 0 Å². The molecule has 1 N–H and O–H groups in total. The molecule has 3 atom stereocenters. The maximum absolute atomic E-state index is 13.3. The topological polar surface area (TPSA) is 41.0 Å². The van der Waals surface area contributed by atoms with Gasteiger partial charge in [-0.2, -0.15) is 8.78 Å². The van der Waals surface area contributed by atoms with Gasteiger partial charge in [-0.3, -0.25) is 0 Å². The standard InChI is InChI=1S/C13H18F2N4/c1-8-9-3-10(16-5-9)6-19(8)12-4-11(13(2,14)15)17-7-18-12/h4,7-10,16H,3,5-6H2,1-2H3. The molecule has 1 aromatic heterocycles. The predicted molar refractivity (Wildman–Crippen MR) is 68.3 cm³/mol. The van der Waals surface area contributed by atoms with E-state index in [1.54, 1.807) is 0 Å². The summed E-state index contributed by atoms with van der Waals surface area (Å²) in [6.45, 7) is 4.83. The Morgan fingerprint density at radius 1 is 1.42 bits per heavy atom. The zero-order valence-electron chi connectivity index (χ0n) is 11.1. The third kappa shape index (κ3) is 2.29. The summed E-state index contributed by atoms with van der Waals surface area (Å²) in [4.78, 5) is 9.98. The highest BCUT2D eigenvalue weighted by atomic mass is 19.3. The van der Waals surface area contributed by atoms with Gasteiger partial charge in [-0.25, -0.2) is 9.97 Å². The molecule has 0 spiro atoms. The number of nitrogens with zero attached hydrogens (tertiary/aromatic N) is 3. The highest BCUT2D eigenvalue weighted by Crippen LogP contribution is 2.33. The summed E-state index contributed by atoms with van der Waals surface area (Å²) in [5.74, 6) is -1.75. The van der Waals surface area contributed by atoms with Crippen molar-refractivity contribution in [2.24, 2.45) is 5.92 Å². The van der Waals surface area contributed by atoms with Crippen molar-refractivity contribution in [3.63, 3.8) is 0 Å². The fourth-order valence-corrected chi connectivity index (χ4v) is 3.06. The van der Waals surface area contributed by atoms with Crippen LogP contribution in [0.25, 0.3) is 0 Å². The summed E-state index contributed by atoms with van der Waals surface area (Å²) >= 11 is 0. The molecule has 6 heteroatoms. The van der Waals surface area contributed by atoms with E-state index >= 15 is 0 Å². The van der Waals surface area contributed by atoms with Crippen LogP contribution < -0.4 is 10.2 Å². The molecule has 2 aliphatic rings. The molecule has 2 aliphatic heterocycles. The Bertz CT molecular complexity index is 474. The van der Waals surface area contributed by atoms with E-state index in [1.165, 1.54) is 18.8 Å². The van der Waals surface area contributed by atoms with Crippen LogP contribution in [0.4, 0.5) is 14.6 Å². The number of halogens is 2. The molecule has 2 bridgehead atoms. The molecular weight excluding hydrogens is 250 g/mol. The van der Waals surface area contributed by atoms with Crippen LogP contribution in [-0.4, -0.2) is 35.1 Å². The second-order valence-electron chi connectivity index (χ2n) is 5.64. The quantitative estimate of drug-likeness (QED) is 0.887. The summed E-state index contributed by atoms with van der Waals surface area (Å²) in [6.07, 6.45) is 2.40. The number of piperidine rings is 1. The first-order chi connectivity index (χ1) is 8.95. The molecule has 0 saturated carbocycles. The normalized spacial score (nSPS) is 30.7. The van der Waals surface area contributed by atoms with Gasteiger partial charge < -0.3 is 10.2 Å². The molecule has 3 heterocycles. The highest BCUT2D eigenvalue weighted by molar-refractivity contribution is 5.42. The number of aromatic nitrogens is 2. The summed E-state index contributed by atoms with van der Waals surface area (Å²) in [6, 6.07) is 2.18. The first kappa shape index (κ1) is 12.7. The summed E-state index contributed by atoms with van der Waals surface area (Å²) in [5.41, 5.74) is -0.212. The molecule has 2 fully saturated rings. The number of rotatable bonds is 2. The van der Waals surface area contributed by atoms with Crippen LogP contribution in [0.3, 0.4) is 0 Å². The second kappa shape index (κ2) is 4.37. The number of hydrogen-bond donors (Lipinski definition) is 1. The van der Waals surface area contributed by atoms with E-state index in [2.05, 4.69) is 27.1 Å². The summed E-state index contributed by atoms with van der Waals surface area (Å²) in [5, 5.41) is 3.46. The monoisotopic (exact) mass is 268 g/mol. The van der Waals surface area contributed by atoms with Crippen LogP contribution >= 0.6 is 0 Å². The van der Waals surface area contributed by atoms with Gasteiger partial charge in [-0.15, -0.1) is 0 Å². The van der Waals surface area contributed by atoms with Gasteiger partial charge in [0.05, 0.1) is 0 Å². The number of anilines is 1. The van der Waals surface area contributed by atoms with Crippen LogP contribution in [0.15, 0.2) is 12.4 Å². The second-order valence-corrected chi connectivity index (χ2v) is 5.64. The molecule has 0 radical (unpaired) electrons. The average molecular weight is 268 g/mol. The van der Waals surface area contributed by atoms with Gasteiger partial charge in [-0.1, -0.05) is 0 Å². The van der Waals surface area contributed by atoms with Gasteiger partial charge in [-0.05, 0) is 19.3 Å². The molecule has 0 aromatic carbocycles. The van der Waals surface area contributed by atoms with E-state index in [0.29, 0.717) is 23.8 Å². The van der Waals surface area contributed by atoms with Crippen molar-refractivity contribution in [1.29, 1.82) is 0 Å². The number of nitrogens with one attached hydrogen (secondary N) is 1. The Hall–Kier alpha value is -1.30. The molecule has 104 valence electrons. The predicted octanol–water partition coefficient (Wildman–Crippen LogP) is 1.77. The Morgan fingerprint density at radius 2 is 2.21 bits per heavy atom. The molecule has 0 aliphatic carbocycles. The Balaban J connectivity index is 1.90. The maximum atomic E-state index is 13.3. The first-order valence-corrected chi connectivity index (χ1v) is 6.65. The Kier molecular flexibility index (Phi) is 2.92. The van der Waals surface area contributed by atoms with Crippen LogP contribution in [-0.2, 0) is 5.92 Å². The van der Waals surface area contributed by atoms with E-state index in [0.717, 1.165) is 20.0 Å². The van der Waals surface area contributed by atoms with E-state index in [9.17, 15) is 8.78 Å². The number of hydrogen-bond acceptors (Lipinski definition) is 4. The molecule has 2 saturated heterocycles. The van der Waals surface area contributed by atoms with Crippen molar-refractivity contribution < 1.29 is 8.78 Å². The molecule has 4 nitrogen and oxygen atoms in total. The van der Waals surface area contributed by atoms with Gasteiger partial charge >= 0.3 is 0 Å². The Labute approximate surface area is 111 Å². The smallest absolute Gasteiger partial charge is 0.287 e. The minimum atomic E-state index is -2.92. The lowest BCUT2D eigenvalue weighted by Gasteiger charge is -2.38. The Morgan fingerprint density at radius 3 is 2.95 bits per heavy atom. The van der Waals surface area contributed by atoms with Gasteiger partial charge in [0.25, 0.3) is 5.92 Å². The molecular formula is C13H18F2N4. The van der Waals surface area contributed by atoms with Gasteiger partial charge in [0, 0.05) is 38.2 Å². The van der Waals surface area contributed by atoms with Crippen LogP contribution in [0.1, 0.15) is 26.0 Å². The van der Waals surface area contributed by atoms with Crippen molar-refractivity contribution in [3.05, 3.63) is 18.1 Å². The summed E-state index contributed by atoms with van der Waals surface area (Å²) in [7, 11) is 0. The minimum absolute atomic E-state index is 0.212. The third-order valence-electron chi connectivity index (χ3n) is 4.24. The first-order valence-electron chi connectivity index (χ1n) is 6.65. The SMILES string of the molecule is CC1C2CNC(C2)CN1c1cc(C(C)(F)F)ncn1. The van der Waals surface area contributed by atoms with E-state index in [1.807, 2.05) is 0 Å². The zero-order valence-corrected chi connectivity index (χ0v) is 11.1. The van der Waals surface area contributed by atoms with Crippen molar-refractivity contribution in [2.45, 2.75) is 38.3 Å². The molecule has 1 aromatic rings. The molecule has 3 unspecified atom stereocenters. The highest BCUT2D eigenvalue weighted by Gasteiger charge is 2.39. The molecule has 19 heavy (non-hydrogen) atoms.